The van der Waals surface area contributed by atoms with Crippen LogP contribution in [0.15, 0.2) is 24.3 Å². The molecule has 7 heteroatoms. The Balaban J connectivity index is 1.63. The summed E-state index contributed by atoms with van der Waals surface area (Å²) >= 11 is 1.49. The lowest BCUT2D eigenvalue weighted by molar-refractivity contribution is 0.0961. The van der Waals surface area contributed by atoms with Crippen molar-refractivity contribution in [1.29, 1.82) is 0 Å². The molecular formula is C19H20N4O2S. The van der Waals surface area contributed by atoms with Gasteiger partial charge in [-0.15, -0.1) is 11.3 Å². The zero-order chi connectivity index (χ0) is 17.7. The minimum atomic E-state index is -0.0473. The number of anilines is 1. The van der Waals surface area contributed by atoms with Crippen LogP contribution in [0.3, 0.4) is 0 Å². The predicted octanol–water partition coefficient (Wildman–Crippen LogP) is 2.32. The lowest BCUT2D eigenvalue weighted by Crippen LogP contribution is -2.44. The summed E-state index contributed by atoms with van der Waals surface area (Å²) < 4.78 is 6.99. The highest BCUT2D eigenvalue weighted by molar-refractivity contribution is 7.21. The Morgan fingerprint density at radius 2 is 2.00 bits per heavy atom. The van der Waals surface area contributed by atoms with Gasteiger partial charge in [-0.1, -0.05) is 0 Å². The van der Waals surface area contributed by atoms with E-state index >= 15 is 0 Å². The van der Waals surface area contributed by atoms with Gasteiger partial charge in [0.2, 0.25) is 0 Å². The number of nitrogens with zero attached hydrogens (tertiary/aromatic N) is 3. The molecule has 0 atom stereocenters. The maximum absolute atomic E-state index is 12.3. The first-order valence-electron chi connectivity index (χ1n) is 8.91. The molecule has 2 aromatic heterocycles. The van der Waals surface area contributed by atoms with E-state index in [9.17, 15) is 4.79 Å². The van der Waals surface area contributed by atoms with Crippen LogP contribution in [0.4, 0.5) is 5.82 Å². The van der Waals surface area contributed by atoms with E-state index in [0.29, 0.717) is 23.8 Å². The number of aromatic nitrogens is 1. The molecule has 4 heterocycles. The highest BCUT2D eigenvalue weighted by Gasteiger charge is 2.24. The van der Waals surface area contributed by atoms with Gasteiger partial charge < -0.3 is 19.9 Å². The highest BCUT2D eigenvalue weighted by atomic mass is 32.1. The maximum Gasteiger partial charge on any atom is 0.265 e. The first-order chi connectivity index (χ1) is 12.7. The molecule has 0 bridgehead atoms. The fourth-order valence-corrected chi connectivity index (χ4v) is 4.74. The van der Waals surface area contributed by atoms with Crippen molar-refractivity contribution in [3.8, 4) is 5.75 Å². The van der Waals surface area contributed by atoms with Gasteiger partial charge in [0, 0.05) is 41.7 Å². The highest BCUT2D eigenvalue weighted by Crippen LogP contribution is 2.42. The number of thiophene rings is 1. The van der Waals surface area contributed by atoms with Crippen molar-refractivity contribution in [2.45, 2.75) is 0 Å². The Kier molecular flexibility index (Phi) is 3.72. The first kappa shape index (κ1) is 15.8. The topological polar surface area (TPSA) is 57.7 Å². The Labute approximate surface area is 155 Å². The molecule has 6 nitrogen and oxygen atoms in total. The van der Waals surface area contributed by atoms with E-state index in [1.165, 1.54) is 11.3 Å². The third kappa shape index (κ3) is 2.50. The number of hydrogen-bond acceptors (Lipinski definition) is 6. The molecule has 0 saturated carbocycles. The third-order valence-corrected chi connectivity index (χ3v) is 6.27. The monoisotopic (exact) mass is 368 g/mol. The number of hydrogen-bond donors (Lipinski definition) is 1. The quantitative estimate of drug-likeness (QED) is 0.714. The molecule has 0 unspecified atom stereocenters. The van der Waals surface area contributed by atoms with E-state index in [4.69, 9.17) is 9.72 Å². The predicted molar refractivity (Wildman–Crippen MR) is 105 cm³/mol. The normalized spacial score (nSPS) is 18.5. The minimum Gasteiger partial charge on any atom is -0.489 e. The van der Waals surface area contributed by atoms with Gasteiger partial charge >= 0.3 is 0 Å². The van der Waals surface area contributed by atoms with Crippen molar-refractivity contribution in [2.24, 2.45) is 0 Å². The number of nitrogens with one attached hydrogen (secondary N) is 1. The van der Waals surface area contributed by atoms with E-state index in [2.05, 4.69) is 34.3 Å². The second-order valence-corrected chi connectivity index (χ2v) is 7.88. The van der Waals surface area contributed by atoms with Gasteiger partial charge in [-0.05, 0) is 31.3 Å². The summed E-state index contributed by atoms with van der Waals surface area (Å²) in [5.74, 6) is 1.68. The van der Waals surface area contributed by atoms with E-state index in [-0.39, 0.29) is 5.91 Å². The SMILES string of the molecule is CN1CCN(c2ccc3c(ccc4sc5c(c43)OCCNC5=O)n2)CC1. The lowest BCUT2D eigenvalue weighted by atomic mass is 10.1. The number of carbonyl (C=O) groups excluding carboxylic acids is 1. The molecular weight excluding hydrogens is 348 g/mol. The van der Waals surface area contributed by atoms with Gasteiger partial charge in [-0.25, -0.2) is 4.98 Å². The standard InChI is InChI=1S/C19H20N4O2S/c1-22-7-9-23(10-8-22)15-5-2-12-13(21-15)3-4-14-16(12)17-18(26-14)19(24)20-6-11-25-17/h2-5H,6-11H2,1H3,(H,20,24). The van der Waals surface area contributed by atoms with Gasteiger partial charge in [0.15, 0.2) is 5.75 Å². The van der Waals surface area contributed by atoms with Crippen LogP contribution in [0.25, 0.3) is 21.0 Å². The van der Waals surface area contributed by atoms with Crippen LogP contribution in [0.1, 0.15) is 9.67 Å². The van der Waals surface area contributed by atoms with Gasteiger partial charge in [0.05, 0.1) is 12.1 Å². The van der Waals surface area contributed by atoms with Crippen LogP contribution in [0.5, 0.6) is 5.75 Å². The Bertz CT molecular complexity index is 1010. The van der Waals surface area contributed by atoms with Crippen molar-refractivity contribution in [3.05, 3.63) is 29.1 Å². The van der Waals surface area contributed by atoms with Crippen LogP contribution in [0, 0.1) is 0 Å². The minimum absolute atomic E-state index is 0.0473. The smallest absolute Gasteiger partial charge is 0.265 e. The van der Waals surface area contributed by atoms with Gasteiger partial charge in [0.25, 0.3) is 5.91 Å². The molecule has 5 rings (SSSR count). The van der Waals surface area contributed by atoms with Crippen LogP contribution in [-0.4, -0.2) is 62.2 Å². The van der Waals surface area contributed by atoms with Crippen molar-refractivity contribution < 1.29 is 9.53 Å². The number of carbonyl (C=O) groups is 1. The second kappa shape index (κ2) is 6.10. The summed E-state index contributed by atoms with van der Waals surface area (Å²) in [6, 6.07) is 8.31. The average molecular weight is 368 g/mol. The summed E-state index contributed by atoms with van der Waals surface area (Å²) in [7, 11) is 2.15. The Morgan fingerprint density at radius 1 is 1.15 bits per heavy atom. The molecule has 2 aliphatic rings. The number of benzene rings is 1. The van der Waals surface area contributed by atoms with E-state index in [0.717, 1.165) is 53.0 Å². The summed E-state index contributed by atoms with van der Waals surface area (Å²) in [5.41, 5.74) is 0.947. The molecule has 0 radical (unpaired) electrons. The summed E-state index contributed by atoms with van der Waals surface area (Å²) in [6.45, 7) is 5.13. The molecule has 0 aliphatic carbocycles. The Morgan fingerprint density at radius 3 is 2.85 bits per heavy atom. The summed E-state index contributed by atoms with van der Waals surface area (Å²) in [4.78, 5) is 22.5. The largest absolute Gasteiger partial charge is 0.489 e. The number of fused-ring (bicyclic) bond motifs is 5. The average Bonchev–Trinajstić information content (AvgIpc) is 2.95. The fraction of sp³-hybridized carbons (Fsp3) is 0.368. The van der Waals surface area contributed by atoms with E-state index < -0.39 is 0 Å². The fourth-order valence-electron chi connectivity index (χ4n) is 3.66. The molecule has 1 N–H and O–H groups in total. The number of amides is 1. The third-order valence-electron chi connectivity index (χ3n) is 5.13. The maximum atomic E-state index is 12.3. The molecule has 2 aliphatic heterocycles. The number of pyridine rings is 1. The molecule has 0 spiro atoms. The molecule has 3 aromatic rings. The van der Waals surface area contributed by atoms with Crippen molar-refractivity contribution in [1.82, 2.24) is 15.2 Å². The van der Waals surface area contributed by atoms with Gasteiger partial charge in [-0.2, -0.15) is 0 Å². The van der Waals surface area contributed by atoms with Crippen molar-refractivity contribution in [3.63, 3.8) is 0 Å². The molecule has 1 amide bonds. The number of piperazine rings is 1. The molecule has 1 fully saturated rings. The molecule has 1 saturated heterocycles. The van der Waals surface area contributed by atoms with Gasteiger partial charge in [-0.3, -0.25) is 4.79 Å². The van der Waals surface area contributed by atoms with E-state index in [1.807, 2.05) is 12.1 Å². The zero-order valence-corrected chi connectivity index (χ0v) is 15.4. The molecule has 1 aromatic carbocycles. The second-order valence-electron chi connectivity index (χ2n) is 6.83. The number of likely N-dealkylation sites (N-methyl/N-ethyl adjacent to an activating group) is 1. The van der Waals surface area contributed by atoms with Crippen molar-refractivity contribution in [2.75, 3.05) is 51.3 Å². The first-order valence-corrected chi connectivity index (χ1v) is 9.73. The zero-order valence-electron chi connectivity index (χ0n) is 14.6. The van der Waals surface area contributed by atoms with Crippen LogP contribution in [-0.2, 0) is 0 Å². The van der Waals surface area contributed by atoms with Crippen LogP contribution < -0.4 is 15.0 Å². The van der Waals surface area contributed by atoms with Crippen molar-refractivity contribution >= 4 is 44.1 Å². The lowest BCUT2D eigenvalue weighted by Gasteiger charge is -2.33. The molecule has 134 valence electrons. The molecule has 26 heavy (non-hydrogen) atoms. The van der Waals surface area contributed by atoms with Crippen LogP contribution in [0.2, 0.25) is 0 Å². The summed E-state index contributed by atoms with van der Waals surface area (Å²) in [5, 5.41) is 4.95. The van der Waals surface area contributed by atoms with Gasteiger partial charge in [0.1, 0.15) is 17.3 Å². The number of rotatable bonds is 1. The summed E-state index contributed by atoms with van der Waals surface area (Å²) in [6.07, 6.45) is 0. The number of ether oxygens (including phenoxy) is 1. The van der Waals surface area contributed by atoms with E-state index in [1.54, 1.807) is 0 Å². The van der Waals surface area contributed by atoms with Crippen LogP contribution >= 0.6 is 11.3 Å². The Hall–Kier alpha value is -2.38.